The molecule has 12 heteroatoms. The molecule has 1 unspecified atom stereocenters. The molecule has 0 aromatic heterocycles. The maximum absolute atomic E-state index is 13.1. The Labute approximate surface area is 160 Å². The monoisotopic (exact) mass is 412 g/mol. The summed E-state index contributed by atoms with van der Waals surface area (Å²) in [6, 6.07) is -0.732. The average molecular weight is 412 g/mol. The lowest BCUT2D eigenvalue weighted by atomic mass is 9.79. The number of alkyl halides is 2. The summed E-state index contributed by atoms with van der Waals surface area (Å²) in [7, 11) is -5.58. The fourth-order valence-corrected chi connectivity index (χ4v) is 5.77. The van der Waals surface area contributed by atoms with Crippen LogP contribution in [0.2, 0.25) is 6.32 Å². The number of hydrogen-bond acceptors (Lipinski definition) is 6. The Morgan fingerprint density at radius 2 is 1.93 bits per heavy atom. The first kappa shape index (κ1) is 22.9. The standard InChI is InChI=1S/C15H31BF2N4O4S/c1-11(15(20)5-6-15)22(9-13(17)18)27(25,26)21-8-12(14(2,19)10-21)4-3-7-16(23)24/h11-13,23-24H,3-10,19-20H2,1-2H3/t11?,12-,14-/m0/s1. The summed E-state index contributed by atoms with van der Waals surface area (Å²) in [5.74, 6) is -0.206. The molecule has 0 bridgehead atoms. The van der Waals surface area contributed by atoms with E-state index in [2.05, 4.69) is 0 Å². The van der Waals surface area contributed by atoms with Crippen LogP contribution in [0.25, 0.3) is 0 Å². The predicted molar refractivity (Wildman–Crippen MR) is 99.1 cm³/mol. The van der Waals surface area contributed by atoms with Crippen LogP contribution in [0.3, 0.4) is 0 Å². The highest BCUT2D eigenvalue weighted by Gasteiger charge is 2.52. The molecule has 2 fully saturated rings. The number of nitrogens with two attached hydrogens (primary N) is 2. The molecular weight excluding hydrogens is 381 g/mol. The van der Waals surface area contributed by atoms with E-state index < -0.39 is 47.4 Å². The summed E-state index contributed by atoms with van der Waals surface area (Å²) >= 11 is 0. The van der Waals surface area contributed by atoms with Crippen molar-refractivity contribution in [1.29, 1.82) is 0 Å². The van der Waals surface area contributed by atoms with Gasteiger partial charge in [-0.25, -0.2) is 8.78 Å². The van der Waals surface area contributed by atoms with E-state index in [-0.39, 0.29) is 25.3 Å². The van der Waals surface area contributed by atoms with E-state index in [9.17, 15) is 17.2 Å². The molecule has 0 amide bonds. The largest absolute Gasteiger partial charge is 0.451 e. The van der Waals surface area contributed by atoms with Crippen molar-refractivity contribution < 1.29 is 27.2 Å². The first-order valence-electron chi connectivity index (χ1n) is 9.28. The third-order valence-corrected chi connectivity index (χ3v) is 7.91. The second kappa shape index (κ2) is 8.17. The molecule has 1 saturated heterocycles. The number of rotatable bonds is 10. The van der Waals surface area contributed by atoms with Crippen molar-refractivity contribution in [2.75, 3.05) is 19.6 Å². The zero-order valence-corrected chi connectivity index (χ0v) is 16.7. The van der Waals surface area contributed by atoms with E-state index in [0.29, 0.717) is 25.7 Å². The van der Waals surface area contributed by atoms with E-state index in [1.165, 1.54) is 0 Å². The van der Waals surface area contributed by atoms with Gasteiger partial charge in [0.25, 0.3) is 16.6 Å². The summed E-state index contributed by atoms with van der Waals surface area (Å²) in [4.78, 5) is 0. The molecule has 1 heterocycles. The fraction of sp³-hybridized carbons (Fsp3) is 1.00. The Morgan fingerprint density at radius 1 is 1.33 bits per heavy atom. The molecule has 8 nitrogen and oxygen atoms in total. The normalized spacial score (nSPS) is 29.5. The van der Waals surface area contributed by atoms with Gasteiger partial charge in [0.05, 0.1) is 6.54 Å². The third-order valence-electron chi connectivity index (χ3n) is 5.92. The molecule has 0 spiro atoms. The van der Waals surface area contributed by atoms with Gasteiger partial charge in [-0.2, -0.15) is 17.0 Å². The van der Waals surface area contributed by atoms with Crippen LogP contribution in [0.4, 0.5) is 8.78 Å². The zero-order valence-electron chi connectivity index (χ0n) is 15.9. The quantitative estimate of drug-likeness (QED) is 0.360. The Hall–Kier alpha value is -0.365. The summed E-state index contributed by atoms with van der Waals surface area (Å²) in [6.07, 6.45) is -0.440. The molecule has 3 atom stereocenters. The number of nitrogens with zero attached hydrogens (tertiary/aromatic N) is 2. The molecule has 1 aliphatic heterocycles. The molecule has 27 heavy (non-hydrogen) atoms. The topological polar surface area (TPSA) is 133 Å². The van der Waals surface area contributed by atoms with Gasteiger partial charge in [0.1, 0.15) is 0 Å². The Bertz CT molecular complexity index is 619. The highest BCUT2D eigenvalue weighted by atomic mass is 32.2. The van der Waals surface area contributed by atoms with Crippen LogP contribution in [-0.4, -0.2) is 77.4 Å². The van der Waals surface area contributed by atoms with Crippen LogP contribution in [0, 0.1) is 5.92 Å². The van der Waals surface area contributed by atoms with Crippen molar-refractivity contribution in [2.45, 2.75) is 69.4 Å². The Balaban J connectivity index is 2.15. The fourth-order valence-electron chi connectivity index (χ4n) is 3.76. The van der Waals surface area contributed by atoms with E-state index in [0.717, 1.165) is 8.61 Å². The SMILES string of the molecule is CC(N(CC(F)F)S(=O)(=O)N1C[C@H](CCCB(O)O)[C@@](C)(N)C1)C1(N)CC1. The number of halogens is 2. The zero-order chi connectivity index (χ0) is 20.6. The van der Waals surface area contributed by atoms with E-state index in [4.69, 9.17) is 21.5 Å². The van der Waals surface area contributed by atoms with Crippen molar-refractivity contribution in [3.05, 3.63) is 0 Å². The molecule has 0 aromatic rings. The van der Waals surface area contributed by atoms with Gasteiger partial charge in [0.15, 0.2) is 0 Å². The van der Waals surface area contributed by atoms with Crippen molar-refractivity contribution in [2.24, 2.45) is 17.4 Å². The summed E-state index contributed by atoms with van der Waals surface area (Å²) in [6.45, 7) is 2.54. The minimum atomic E-state index is -4.16. The van der Waals surface area contributed by atoms with Crippen LogP contribution >= 0.6 is 0 Å². The molecule has 1 saturated carbocycles. The van der Waals surface area contributed by atoms with Crippen molar-refractivity contribution in [1.82, 2.24) is 8.61 Å². The van der Waals surface area contributed by atoms with Crippen LogP contribution in [0.15, 0.2) is 0 Å². The van der Waals surface area contributed by atoms with E-state index in [1.807, 2.05) is 0 Å². The van der Waals surface area contributed by atoms with Crippen molar-refractivity contribution in [3.8, 4) is 0 Å². The van der Waals surface area contributed by atoms with Crippen molar-refractivity contribution >= 4 is 17.3 Å². The van der Waals surface area contributed by atoms with Gasteiger partial charge in [-0.3, -0.25) is 0 Å². The maximum atomic E-state index is 13.1. The number of hydrogen-bond donors (Lipinski definition) is 4. The highest BCUT2D eigenvalue weighted by molar-refractivity contribution is 7.86. The minimum Gasteiger partial charge on any atom is -0.427 e. The second-order valence-electron chi connectivity index (χ2n) is 8.28. The maximum Gasteiger partial charge on any atom is 0.451 e. The highest BCUT2D eigenvalue weighted by Crippen LogP contribution is 2.40. The van der Waals surface area contributed by atoms with Gasteiger partial charge in [-0.05, 0) is 45.3 Å². The molecular formula is C15H31BF2N4O4S. The molecule has 1 aliphatic carbocycles. The van der Waals surface area contributed by atoms with Gasteiger partial charge < -0.3 is 21.5 Å². The van der Waals surface area contributed by atoms with Crippen LogP contribution < -0.4 is 11.5 Å². The van der Waals surface area contributed by atoms with Crippen LogP contribution in [-0.2, 0) is 10.2 Å². The third kappa shape index (κ3) is 5.37. The van der Waals surface area contributed by atoms with Crippen LogP contribution in [0.1, 0.15) is 39.5 Å². The Kier molecular flexibility index (Phi) is 6.94. The lowest BCUT2D eigenvalue weighted by Crippen LogP contribution is -2.56. The molecule has 0 radical (unpaired) electrons. The van der Waals surface area contributed by atoms with Gasteiger partial charge in [0, 0.05) is 30.2 Å². The summed E-state index contributed by atoms with van der Waals surface area (Å²) in [5, 5.41) is 17.9. The van der Waals surface area contributed by atoms with Crippen molar-refractivity contribution in [3.63, 3.8) is 0 Å². The molecule has 2 aliphatic rings. The summed E-state index contributed by atoms with van der Waals surface area (Å²) < 4.78 is 54.4. The average Bonchev–Trinajstić information content (AvgIpc) is 3.20. The van der Waals surface area contributed by atoms with Crippen LogP contribution in [0.5, 0.6) is 0 Å². The summed E-state index contributed by atoms with van der Waals surface area (Å²) in [5.41, 5.74) is 10.8. The lowest BCUT2D eigenvalue weighted by Gasteiger charge is -2.35. The lowest BCUT2D eigenvalue weighted by molar-refractivity contribution is 0.0996. The van der Waals surface area contributed by atoms with Gasteiger partial charge in [0.2, 0.25) is 0 Å². The molecule has 6 N–H and O–H groups in total. The smallest absolute Gasteiger partial charge is 0.427 e. The molecule has 158 valence electrons. The first-order valence-corrected chi connectivity index (χ1v) is 10.7. The van der Waals surface area contributed by atoms with Gasteiger partial charge in [-0.15, -0.1) is 0 Å². The minimum absolute atomic E-state index is 0.0196. The van der Waals surface area contributed by atoms with E-state index in [1.54, 1.807) is 13.8 Å². The van der Waals surface area contributed by atoms with Gasteiger partial charge >= 0.3 is 7.12 Å². The molecule has 2 rings (SSSR count). The van der Waals surface area contributed by atoms with Gasteiger partial charge in [-0.1, -0.05) is 6.42 Å². The Morgan fingerprint density at radius 3 is 2.41 bits per heavy atom. The van der Waals surface area contributed by atoms with E-state index >= 15 is 0 Å². The predicted octanol–water partition coefficient (Wildman–Crippen LogP) is -0.420. The first-order chi connectivity index (χ1) is 12.3. The second-order valence-corrected chi connectivity index (χ2v) is 10.2. The molecule has 0 aromatic carbocycles.